The van der Waals surface area contributed by atoms with Crippen molar-refractivity contribution in [1.82, 2.24) is 15.1 Å². The summed E-state index contributed by atoms with van der Waals surface area (Å²) in [7, 11) is 1.72. The summed E-state index contributed by atoms with van der Waals surface area (Å²) in [6, 6.07) is 0.636. The first kappa shape index (κ1) is 12.6. The number of nitrogens with zero attached hydrogens (tertiary/aromatic N) is 2. The third-order valence-electron chi connectivity index (χ3n) is 3.42. The molecule has 1 aliphatic carbocycles. The normalized spacial score (nSPS) is 17.5. The zero-order valence-corrected chi connectivity index (χ0v) is 10.7. The molecule has 4 nitrogen and oxygen atoms in total. The van der Waals surface area contributed by atoms with Gasteiger partial charge in [0.15, 0.2) is 0 Å². The van der Waals surface area contributed by atoms with Crippen LogP contribution in [0.3, 0.4) is 0 Å². The summed E-state index contributed by atoms with van der Waals surface area (Å²) in [6.45, 7) is 2.54. The van der Waals surface area contributed by atoms with Crippen LogP contribution in [0.1, 0.15) is 43.7 Å². The van der Waals surface area contributed by atoms with E-state index in [2.05, 4.69) is 21.3 Å². The molecular weight excluding hydrogens is 214 g/mol. The number of ether oxygens (including phenoxy) is 1. The molecule has 0 bridgehead atoms. The number of methoxy groups -OCH3 is 1. The topological polar surface area (TPSA) is 39.1 Å². The Labute approximate surface area is 103 Å². The molecule has 0 atom stereocenters. The molecule has 0 saturated heterocycles. The maximum atomic E-state index is 5.00. The second-order valence-electron chi connectivity index (χ2n) is 4.79. The Balaban J connectivity index is 1.78. The lowest BCUT2D eigenvalue weighted by molar-refractivity contribution is 0.199. The van der Waals surface area contributed by atoms with Crippen molar-refractivity contribution in [2.45, 2.75) is 44.7 Å². The highest BCUT2D eigenvalue weighted by Crippen LogP contribution is 2.27. The van der Waals surface area contributed by atoms with E-state index in [0.717, 1.165) is 19.7 Å². The van der Waals surface area contributed by atoms with E-state index in [0.29, 0.717) is 6.04 Å². The van der Waals surface area contributed by atoms with Crippen LogP contribution in [0, 0.1) is 0 Å². The SMILES string of the molecule is COCCNCc1cnn(C2CCCCC2)c1. The van der Waals surface area contributed by atoms with Gasteiger partial charge in [0.05, 0.1) is 18.8 Å². The third-order valence-corrected chi connectivity index (χ3v) is 3.42. The van der Waals surface area contributed by atoms with E-state index in [1.807, 2.05) is 6.20 Å². The highest BCUT2D eigenvalue weighted by Gasteiger charge is 2.15. The molecule has 0 radical (unpaired) electrons. The summed E-state index contributed by atoms with van der Waals surface area (Å²) in [5.41, 5.74) is 1.27. The molecule has 4 heteroatoms. The van der Waals surface area contributed by atoms with Crippen LogP contribution >= 0.6 is 0 Å². The van der Waals surface area contributed by atoms with Crippen LogP contribution in [-0.2, 0) is 11.3 Å². The van der Waals surface area contributed by atoms with Crippen LogP contribution in [0.25, 0.3) is 0 Å². The summed E-state index contributed by atoms with van der Waals surface area (Å²) in [5.74, 6) is 0. The zero-order valence-electron chi connectivity index (χ0n) is 10.7. The van der Waals surface area contributed by atoms with Gasteiger partial charge in [0.25, 0.3) is 0 Å². The first-order chi connectivity index (χ1) is 8.40. The van der Waals surface area contributed by atoms with Crippen molar-refractivity contribution in [1.29, 1.82) is 0 Å². The Bertz CT molecular complexity index is 318. The molecule has 1 N–H and O–H groups in total. The van der Waals surface area contributed by atoms with Gasteiger partial charge < -0.3 is 10.1 Å². The summed E-state index contributed by atoms with van der Waals surface area (Å²) < 4.78 is 7.16. The number of nitrogens with one attached hydrogen (secondary N) is 1. The van der Waals surface area contributed by atoms with Crippen LogP contribution < -0.4 is 5.32 Å². The van der Waals surface area contributed by atoms with Gasteiger partial charge in [0, 0.05) is 32.0 Å². The van der Waals surface area contributed by atoms with Gasteiger partial charge in [0.2, 0.25) is 0 Å². The Morgan fingerprint density at radius 3 is 3.00 bits per heavy atom. The van der Waals surface area contributed by atoms with E-state index < -0.39 is 0 Å². The van der Waals surface area contributed by atoms with Crippen LogP contribution in [0.2, 0.25) is 0 Å². The minimum absolute atomic E-state index is 0.636. The Hall–Kier alpha value is -0.870. The first-order valence-corrected chi connectivity index (χ1v) is 6.63. The van der Waals surface area contributed by atoms with Crippen molar-refractivity contribution >= 4 is 0 Å². The zero-order chi connectivity index (χ0) is 11.9. The Morgan fingerprint density at radius 1 is 1.41 bits per heavy atom. The molecule has 0 amide bonds. The van der Waals surface area contributed by atoms with E-state index in [9.17, 15) is 0 Å². The van der Waals surface area contributed by atoms with Gasteiger partial charge in [-0.2, -0.15) is 5.10 Å². The van der Waals surface area contributed by atoms with Crippen molar-refractivity contribution in [3.05, 3.63) is 18.0 Å². The fourth-order valence-electron chi connectivity index (χ4n) is 2.42. The first-order valence-electron chi connectivity index (χ1n) is 6.63. The molecule has 1 heterocycles. The molecule has 1 fully saturated rings. The lowest BCUT2D eigenvalue weighted by Crippen LogP contribution is -2.18. The Kier molecular flexibility index (Phi) is 5.01. The molecule has 0 unspecified atom stereocenters. The third kappa shape index (κ3) is 3.82. The molecular formula is C13H23N3O. The second kappa shape index (κ2) is 6.77. The predicted octanol–water partition coefficient (Wildman–Crippen LogP) is 2.12. The average Bonchev–Trinajstić information content (AvgIpc) is 2.85. The standard InChI is InChI=1S/C13H23N3O/c1-17-8-7-14-9-12-10-15-16(11-12)13-5-3-2-4-6-13/h10-11,13-14H,2-9H2,1H3. The minimum Gasteiger partial charge on any atom is -0.383 e. The highest BCUT2D eigenvalue weighted by molar-refractivity contribution is 5.04. The van der Waals surface area contributed by atoms with Crippen LogP contribution in [0.5, 0.6) is 0 Å². The van der Waals surface area contributed by atoms with Gasteiger partial charge >= 0.3 is 0 Å². The molecule has 0 spiro atoms. The molecule has 96 valence electrons. The summed E-state index contributed by atoms with van der Waals surface area (Å²) in [4.78, 5) is 0. The summed E-state index contributed by atoms with van der Waals surface area (Å²) in [5, 5.41) is 7.82. The van der Waals surface area contributed by atoms with Gasteiger partial charge in [-0.3, -0.25) is 4.68 Å². The molecule has 0 aromatic carbocycles. The predicted molar refractivity (Wildman–Crippen MR) is 67.9 cm³/mol. The average molecular weight is 237 g/mol. The molecule has 1 aliphatic rings. The summed E-state index contributed by atoms with van der Waals surface area (Å²) >= 11 is 0. The molecule has 1 saturated carbocycles. The summed E-state index contributed by atoms with van der Waals surface area (Å²) in [6.07, 6.45) is 10.8. The van der Waals surface area contributed by atoms with E-state index in [1.54, 1.807) is 7.11 Å². The largest absolute Gasteiger partial charge is 0.383 e. The van der Waals surface area contributed by atoms with E-state index >= 15 is 0 Å². The number of rotatable bonds is 6. The number of aromatic nitrogens is 2. The highest BCUT2D eigenvalue weighted by atomic mass is 16.5. The maximum absolute atomic E-state index is 5.00. The van der Waals surface area contributed by atoms with Crippen LogP contribution in [0.4, 0.5) is 0 Å². The molecule has 17 heavy (non-hydrogen) atoms. The molecule has 1 aromatic heterocycles. The quantitative estimate of drug-likeness (QED) is 0.770. The molecule has 2 rings (SSSR count). The molecule has 0 aliphatic heterocycles. The lowest BCUT2D eigenvalue weighted by atomic mass is 9.96. The fraction of sp³-hybridized carbons (Fsp3) is 0.769. The monoisotopic (exact) mass is 237 g/mol. The number of hydrogen-bond donors (Lipinski definition) is 1. The van der Waals surface area contributed by atoms with Crippen LogP contribution in [0.15, 0.2) is 12.4 Å². The second-order valence-corrected chi connectivity index (χ2v) is 4.79. The van der Waals surface area contributed by atoms with Gasteiger partial charge in [-0.05, 0) is 12.8 Å². The van der Waals surface area contributed by atoms with Crippen LogP contribution in [-0.4, -0.2) is 30.0 Å². The molecule has 1 aromatic rings. The number of hydrogen-bond acceptors (Lipinski definition) is 3. The minimum atomic E-state index is 0.636. The maximum Gasteiger partial charge on any atom is 0.0587 e. The smallest absolute Gasteiger partial charge is 0.0587 e. The van der Waals surface area contributed by atoms with Gasteiger partial charge in [-0.15, -0.1) is 0 Å². The van der Waals surface area contributed by atoms with Gasteiger partial charge in [0.1, 0.15) is 0 Å². The van der Waals surface area contributed by atoms with Gasteiger partial charge in [-0.1, -0.05) is 19.3 Å². The van der Waals surface area contributed by atoms with Crippen molar-refractivity contribution in [3.63, 3.8) is 0 Å². The van der Waals surface area contributed by atoms with Crippen molar-refractivity contribution in [3.8, 4) is 0 Å². The van der Waals surface area contributed by atoms with Crippen molar-refractivity contribution in [2.24, 2.45) is 0 Å². The van der Waals surface area contributed by atoms with E-state index in [4.69, 9.17) is 4.74 Å². The Morgan fingerprint density at radius 2 is 2.24 bits per heavy atom. The van der Waals surface area contributed by atoms with E-state index in [-0.39, 0.29) is 0 Å². The van der Waals surface area contributed by atoms with Crippen molar-refractivity contribution < 1.29 is 4.74 Å². The van der Waals surface area contributed by atoms with E-state index in [1.165, 1.54) is 37.7 Å². The van der Waals surface area contributed by atoms with Crippen molar-refractivity contribution in [2.75, 3.05) is 20.3 Å². The fourth-order valence-corrected chi connectivity index (χ4v) is 2.42. The van der Waals surface area contributed by atoms with Gasteiger partial charge in [-0.25, -0.2) is 0 Å². The lowest BCUT2D eigenvalue weighted by Gasteiger charge is -2.21.